The van der Waals surface area contributed by atoms with Gasteiger partial charge in [-0.3, -0.25) is 4.79 Å². The number of carbonyl (C=O) groups is 1. The van der Waals surface area contributed by atoms with E-state index in [0.29, 0.717) is 0 Å². The van der Waals surface area contributed by atoms with Crippen molar-refractivity contribution in [1.29, 1.82) is 0 Å². The summed E-state index contributed by atoms with van der Waals surface area (Å²) in [7, 11) is -0.304. The third kappa shape index (κ3) is 16.3. The number of hydrogen-bond acceptors (Lipinski definition) is 1. The Balaban J connectivity index is 0.000000290. The minimum atomic E-state index is -0.152. The largest absolute Gasteiger partial charge is 2.00 e. The maximum atomic E-state index is 11.6. The van der Waals surface area contributed by atoms with E-state index in [-0.39, 0.29) is 74.0 Å². The van der Waals surface area contributed by atoms with Gasteiger partial charge in [0.05, 0.1) is 0 Å². The standard InChI is InChI=1S/C17H14O.2C17H19P.2CH3.Fe.Pd/c18-17(13-11-15-7-3-1-4-8-15)14-12-16-9-5-2-6-10-16;2*1-3-9-15(10-4-1)18(17-13-7-8-14-17)16-11-5-2-6-12-16;;;;/h1-14H;2*1-6,9-12,17H,7-8,13-14H2;2*1H3;;/q;;;2*-1;+2;/b13-11+,14-12+;;;;;;. The van der Waals surface area contributed by atoms with Gasteiger partial charge in [0.1, 0.15) is 0 Å². The first kappa shape index (κ1) is 50.7. The second-order valence-corrected chi connectivity index (χ2v) is 18.9. The van der Waals surface area contributed by atoms with Crippen LogP contribution in [0.1, 0.15) is 62.5 Å². The first-order chi connectivity index (χ1) is 26.7. The molecule has 8 rings (SSSR count). The molecule has 58 heavy (non-hydrogen) atoms. The van der Waals surface area contributed by atoms with Gasteiger partial charge in [-0.15, -0.1) is 0 Å². The smallest absolute Gasteiger partial charge is 0.358 e. The van der Waals surface area contributed by atoms with Gasteiger partial charge in [-0.1, -0.05) is 220 Å². The summed E-state index contributed by atoms with van der Waals surface area (Å²) in [5.74, 6) is -0.0114. The molecule has 0 atom stereocenters. The summed E-state index contributed by atoms with van der Waals surface area (Å²) in [6.45, 7) is 0. The van der Waals surface area contributed by atoms with Crippen molar-refractivity contribution in [1.82, 2.24) is 0 Å². The second kappa shape index (κ2) is 28.9. The van der Waals surface area contributed by atoms with Crippen molar-refractivity contribution in [3.8, 4) is 0 Å². The molecule has 1 nitrogen and oxygen atoms in total. The van der Waals surface area contributed by atoms with Crippen molar-refractivity contribution < 1.29 is 42.3 Å². The second-order valence-electron chi connectivity index (χ2n) is 13.8. The van der Waals surface area contributed by atoms with Gasteiger partial charge in [-0.25, -0.2) is 0 Å². The van der Waals surface area contributed by atoms with E-state index in [9.17, 15) is 4.79 Å². The van der Waals surface area contributed by atoms with E-state index in [2.05, 4.69) is 121 Å². The molecule has 0 spiro atoms. The SMILES string of the molecule is O=C(/C=C/c1ccccc1)/C=C/c1ccccc1.[CH3-].[CH3-].[Fe+2].[Pd].c1ccc(P(c2ccccc2)C2CCCC2)cc1.c1ccc(P(c2ccccc2)C2CCCC2)cc1. The van der Waals surface area contributed by atoms with Crippen molar-refractivity contribution in [2.24, 2.45) is 0 Å². The molecule has 5 heteroatoms. The minimum absolute atomic E-state index is 0. The van der Waals surface area contributed by atoms with Crippen LogP contribution in [0.3, 0.4) is 0 Å². The summed E-state index contributed by atoms with van der Waals surface area (Å²) >= 11 is 0. The van der Waals surface area contributed by atoms with Crippen LogP contribution >= 0.6 is 15.8 Å². The molecule has 0 bridgehead atoms. The van der Waals surface area contributed by atoms with Crippen LogP contribution < -0.4 is 21.2 Å². The van der Waals surface area contributed by atoms with E-state index >= 15 is 0 Å². The fourth-order valence-electron chi connectivity index (χ4n) is 7.36. The molecule has 0 aromatic heterocycles. The number of benzene rings is 6. The predicted octanol–water partition coefficient (Wildman–Crippen LogP) is 13.0. The molecular formula is C53H58FeOP2Pd. The average Bonchev–Trinajstić information content (AvgIpc) is 3.99. The first-order valence-corrected chi connectivity index (χ1v) is 22.4. The van der Waals surface area contributed by atoms with Gasteiger partial charge in [0.25, 0.3) is 0 Å². The van der Waals surface area contributed by atoms with Crippen LogP contribution in [0, 0.1) is 14.9 Å². The van der Waals surface area contributed by atoms with Crippen LogP contribution in [0.25, 0.3) is 12.2 Å². The Morgan fingerprint density at radius 2 is 0.621 bits per heavy atom. The molecule has 0 unspecified atom stereocenters. The summed E-state index contributed by atoms with van der Waals surface area (Å²) in [6.07, 6.45) is 18.1. The zero-order chi connectivity index (χ0) is 37.0. The third-order valence-corrected chi connectivity index (χ3v) is 15.9. The van der Waals surface area contributed by atoms with Crippen LogP contribution in [0.4, 0.5) is 0 Å². The maximum Gasteiger partial charge on any atom is 2.00 e. The summed E-state index contributed by atoms with van der Waals surface area (Å²) in [4.78, 5) is 11.6. The Labute approximate surface area is 377 Å². The van der Waals surface area contributed by atoms with Crippen LogP contribution in [0.2, 0.25) is 0 Å². The normalized spacial score (nSPS) is 13.6. The topological polar surface area (TPSA) is 17.1 Å². The van der Waals surface area contributed by atoms with Gasteiger partial charge in [0.15, 0.2) is 5.78 Å². The van der Waals surface area contributed by atoms with E-state index in [0.717, 1.165) is 22.4 Å². The molecule has 6 aromatic carbocycles. The van der Waals surface area contributed by atoms with Crippen LogP contribution in [-0.2, 0) is 42.3 Å². The zero-order valence-corrected chi connectivity index (χ0v) is 38.4. The summed E-state index contributed by atoms with van der Waals surface area (Å²) in [5, 5.41) is 6.19. The van der Waals surface area contributed by atoms with Crippen molar-refractivity contribution in [3.05, 3.63) is 220 Å². The number of hydrogen-bond donors (Lipinski definition) is 0. The van der Waals surface area contributed by atoms with Gasteiger partial charge >= 0.3 is 17.1 Å². The quantitative estimate of drug-likeness (QED) is 0.0579. The van der Waals surface area contributed by atoms with Crippen LogP contribution in [0.15, 0.2) is 194 Å². The Hall–Kier alpha value is -3.49. The minimum Gasteiger partial charge on any atom is -0.358 e. The Bertz CT molecular complexity index is 1760. The molecule has 0 saturated heterocycles. The van der Waals surface area contributed by atoms with Crippen molar-refractivity contribution in [3.63, 3.8) is 0 Å². The molecule has 2 fully saturated rings. The van der Waals surface area contributed by atoms with E-state index in [4.69, 9.17) is 0 Å². The fraction of sp³-hybridized carbons (Fsp3) is 0.189. The molecule has 2 aliphatic carbocycles. The number of rotatable bonds is 10. The van der Waals surface area contributed by atoms with E-state index in [1.165, 1.54) is 51.4 Å². The first-order valence-electron chi connectivity index (χ1n) is 19.5. The van der Waals surface area contributed by atoms with Gasteiger partial charge in [-0.05, 0) is 97.3 Å². The average molecular weight is 935 g/mol. The molecular weight excluding hydrogens is 877 g/mol. The van der Waals surface area contributed by atoms with Gasteiger partial charge in [-0.2, -0.15) is 0 Å². The van der Waals surface area contributed by atoms with Crippen molar-refractivity contribution in [2.75, 3.05) is 0 Å². The Morgan fingerprint density at radius 3 is 0.862 bits per heavy atom. The Morgan fingerprint density at radius 1 is 0.397 bits per heavy atom. The van der Waals surface area contributed by atoms with Gasteiger partial charge in [0.2, 0.25) is 0 Å². The van der Waals surface area contributed by atoms with E-state index < -0.39 is 0 Å². The molecule has 304 valence electrons. The molecule has 0 amide bonds. The molecule has 0 aliphatic heterocycles. The fourth-order valence-corrected chi connectivity index (χ4v) is 13.4. The third-order valence-electron chi connectivity index (χ3n) is 10.00. The molecule has 6 aromatic rings. The molecule has 2 saturated carbocycles. The molecule has 2 aliphatic rings. The Kier molecular flexibility index (Phi) is 25.2. The van der Waals surface area contributed by atoms with Gasteiger partial charge in [0, 0.05) is 20.4 Å². The van der Waals surface area contributed by atoms with E-state index in [1.54, 1.807) is 33.4 Å². The number of allylic oxidation sites excluding steroid dienone is 2. The number of carbonyl (C=O) groups excluding carboxylic acids is 1. The molecule has 0 N–H and O–H groups in total. The summed E-state index contributed by atoms with van der Waals surface area (Å²) in [5.41, 5.74) is 3.84. The van der Waals surface area contributed by atoms with E-state index in [1.807, 2.05) is 72.8 Å². The van der Waals surface area contributed by atoms with Crippen molar-refractivity contribution >= 4 is 55.0 Å². The van der Waals surface area contributed by atoms with Crippen LogP contribution in [0.5, 0.6) is 0 Å². The number of ketones is 1. The predicted molar refractivity (Wildman–Crippen MR) is 251 cm³/mol. The summed E-state index contributed by atoms with van der Waals surface area (Å²) < 4.78 is 0. The summed E-state index contributed by atoms with van der Waals surface area (Å²) in [6, 6.07) is 64.0. The van der Waals surface area contributed by atoms with Crippen molar-refractivity contribution in [2.45, 2.75) is 62.7 Å². The maximum absolute atomic E-state index is 11.6. The monoisotopic (exact) mass is 934 g/mol. The molecule has 0 heterocycles. The van der Waals surface area contributed by atoms with Gasteiger partial charge < -0.3 is 14.9 Å². The zero-order valence-electron chi connectivity index (χ0n) is 33.9. The molecule has 0 radical (unpaired) electrons. The van der Waals surface area contributed by atoms with Crippen LogP contribution in [-0.4, -0.2) is 17.1 Å².